The second kappa shape index (κ2) is 12.9. The van der Waals surface area contributed by atoms with E-state index >= 15 is 0 Å². The number of aromatic nitrogens is 4. The number of oxazole rings is 1. The van der Waals surface area contributed by atoms with Crippen molar-refractivity contribution in [2.45, 2.75) is 57.8 Å². The van der Waals surface area contributed by atoms with Crippen LogP contribution in [0, 0.1) is 0 Å². The fourth-order valence-corrected chi connectivity index (χ4v) is 4.08. The standard InChI is InChI=1S/C28H30F3N4O6P/c1-27(2,42(36,37)38)35-32-17-22(34-35)6-4-3-5-20-7-12-24(13-8-20)39-18-23-19-40-26(33-23)16-11-21-9-14-25(15-10-21)41-28(29,30)31/h7-17,19H,3-6,18H2,1-2H3,(H2,36,37,38)/b16-11+. The number of aryl methyl sites for hydroxylation is 2. The Morgan fingerprint density at radius 3 is 2.29 bits per heavy atom. The molecule has 0 amide bonds. The van der Waals surface area contributed by atoms with Crippen LogP contribution in [-0.2, 0) is 29.3 Å². The minimum atomic E-state index is -4.73. The normalized spacial score (nSPS) is 12.6. The van der Waals surface area contributed by atoms with E-state index in [1.165, 1.54) is 50.6 Å². The van der Waals surface area contributed by atoms with Gasteiger partial charge in [0.05, 0.1) is 11.9 Å². The minimum absolute atomic E-state index is 0.194. The van der Waals surface area contributed by atoms with E-state index in [4.69, 9.17) is 9.15 Å². The van der Waals surface area contributed by atoms with Crippen LogP contribution >= 0.6 is 7.60 Å². The van der Waals surface area contributed by atoms with Crippen LogP contribution in [0.4, 0.5) is 13.2 Å². The molecule has 0 bridgehead atoms. The van der Waals surface area contributed by atoms with Crippen molar-refractivity contribution >= 4 is 19.7 Å². The number of ether oxygens (including phenoxy) is 2. The van der Waals surface area contributed by atoms with Crippen molar-refractivity contribution in [3.05, 3.63) is 89.4 Å². The van der Waals surface area contributed by atoms with Crippen LogP contribution in [0.15, 0.2) is 65.4 Å². The first-order chi connectivity index (χ1) is 19.8. The van der Waals surface area contributed by atoms with Crippen LogP contribution in [0.3, 0.4) is 0 Å². The van der Waals surface area contributed by atoms with Gasteiger partial charge in [-0.1, -0.05) is 24.3 Å². The van der Waals surface area contributed by atoms with Gasteiger partial charge in [-0.25, -0.2) is 4.98 Å². The van der Waals surface area contributed by atoms with Crippen molar-refractivity contribution in [1.82, 2.24) is 20.0 Å². The van der Waals surface area contributed by atoms with E-state index in [0.29, 0.717) is 35.0 Å². The molecule has 0 saturated heterocycles. The minimum Gasteiger partial charge on any atom is -0.487 e. The summed E-state index contributed by atoms with van der Waals surface area (Å²) in [5.41, 5.74) is 3.05. The van der Waals surface area contributed by atoms with Gasteiger partial charge in [-0.3, -0.25) is 4.57 Å². The topological polar surface area (TPSA) is 133 Å². The lowest BCUT2D eigenvalue weighted by atomic mass is 10.1. The molecule has 10 nitrogen and oxygen atoms in total. The summed E-state index contributed by atoms with van der Waals surface area (Å²) in [6.07, 6.45) is 4.77. The van der Waals surface area contributed by atoms with Crippen molar-refractivity contribution in [3.8, 4) is 11.5 Å². The van der Waals surface area contributed by atoms with Crippen molar-refractivity contribution < 1.29 is 41.4 Å². The Hall–Kier alpha value is -3.93. The quantitative estimate of drug-likeness (QED) is 0.132. The molecule has 2 heterocycles. The zero-order valence-electron chi connectivity index (χ0n) is 22.9. The number of rotatable bonds is 13. The molecular weight excluding hydrogens is 576 g/mol. The van der Waals surface area contributed by atoms with E-state index < -0.39 is 19.2 Å². The van der Waals surface area contributed by atoms with E-state index in [-0.39, 0.29) is 12.4 Å². The maximum Gasteiger partial charge on any atom is 0.573 e. The van der Waals surface area contributed by atoms with Gasteiger partial charge in [-0.15, -0.1) is 13.2 Å². The van der Waals surface area contributed by atoms with Gasteiger partial charge < -0.3 is 23.7 Å². The highest BCUT2D eigenvalue weighted by atomic mass is 31.2. The molecule has 2 aromatic carbocycles. The lowest BCUT2D eigenvalue weighted by Crippen LogP contribution is -2.28. The maximum atomic E-state index is 12.3. The second-order valence-corrected chi connectivity index (χ2v) is 12.1. The first kappa shape index (κ1) is 31.0. The average molecular weight is 607 g/mol. The molecule has 2 N–H and O–H groups in total. The van der Waals surface area contributed by atoms with Crippen molar-refractivity contribution in [1.29, 1.82) is 0 Å². The Bertz CT molecular complexity index is 1530. The molecule has 0 radical (unpaired) electrons. The molecule has 224 valence electrons. The lowest BCUT2D eigenvalue weighted by Gasteiger charge is -2.24. The first-order valence-corrected chi connectivity index (χ1v) is 14.6. The lowest BCUT2D eigenvalue weighted by molar-refractivity contribution is -0.274. The summed E-state index contributed by atoms with van der Waals surface area (Å²) in [6.45, 7) is 3.00. The summed E-state index contributed by atoms with van der Waals surface area (Å²) in [6, 6.07) is 13.1. The number of nitrogens with zero attached hydrogens (tertiary/aromatic N) is 4. The third-order valence-electron chi connectivity index (χ3n) is 6.30. The number of hydrogen-bond donors (Lipinski definition) is 2. The fraction of sp³-hybridized carbons (Fsp3) is 0.321. The van der Waals surface area contributed by atoms with Crippen molar-refractivity contribution in [2.24, 2.45) is 0 Å². The van der Waals surface area contributed by atoms with Gasteiger partial charge in [-0.2, -0.15) is 15.0 Å². The number of halogens is 3. The van der Waals surface area contributed by atoms with Crippen LogP contribution in [0.5, 0.6) is 11.5 Å². The molecule has 4 rings (SSSR count). The van der Waals surface area contributed by atoms with Gasteiger partial charge in [0.15, 0.2) is 5.28 Å². The summed E-state index contributed by atoms with van der Waals surface area (Å²) in [5, 5.41) is 6.76. The Morgan fingerprint density at radius 2 is 1.62 bits per heavy atom. The van der Waals surface area contributed by atoms with E-state index in [1.54, 1.807) is 12.2 Å². The molecule has 0 aliphatic carbocycles. The highest BCUT2D eigenvalue weighted by Gasteiger charge is 2.41. The van der Waals surface area contributed by atoms with Gasteiger partial charge in [0.25, 0.3) is 0 Å². The predicted molar refractivity (Wildman–Crippen MR) is 147 cm³/mol. The smallest absolute Gasteiger partial charge is 0.487 e. The SMILES string of the molecule is CC(C)(n1ncc(CCCCc2ccc(OCc3coc(/C=C/c4ccc(OC(F)(F)F)cc4)n3)cc2)n1)P(=O)(O)O. The summed E-state index contributed by atoms with van der Waals surface area (Å²) in [4.78, 5) is 24.4. The molecule has 0 unspecified atom stereocenters. The maximum absolute atomic E-state index is 12.3. The zero-order valence-corrected chi connectivity index (χ0v) is 23.8. The number of hydrogen-bond acceptors (Lipinski definition) is 7. The van der Waals surface area contributed by atoms with Crippen LogP contribution in [-0.4, -0.2) is 36.1 Å². The molecule has 0 aliphatic heterocycles. The van der Waals surface area contributed by atoms with Crippen molar-refractivity contribution in [2.75, 3.05) is 0 Å². The number of benzene rings is 2. The fourth-order valence-electron chi connectivity index (χ4n) is 3.75. The van der Waals surface area contributed by atoms with E-state index in [1.807, 2.05) is 24.3 Å². The summed E-state index contributed by atoms with van der Waals surface area (Å²) in [5.74, 6) is 0.700. The predicted octanol–water partition coefficient (Wildman–Crippen LogP) is 6.35. The van der Waals surface area contributed by atoms with Gasteiger partial charge in [0, 0.05) is 6.08 Å². The molecule has 0 atom stereocenters. The molecular formula is C28H30F3N4O6P. The van der Waals surface area contributed by atoms with Crippen LogP contribution in [0.2, 0.25) is 0 Å². The van der Waals surface area contributed by atoms with Gasteiger partial charge in [0.1, 0.15) is 30.1 Å². The Morgan fingerprint density at radius 1 is 0.952 bits per heavy atom. The third kappa shape index (κ3) is 8.78. The molecule has 14 heteroatoms. The monoisotopic (exact) mass is 606 g/mol. The van der Waals surface area contributed by atoms with Crippen LogP contribution < -0.4 is 9.47 Å². The highest BCUT2D eigenvalue weighted by Crippen LogP contribution is 2.52. The second-order valence-electron chi connectivity index (χ2n) is 9.93. The first-order valence-electron chi connectivity index (χ1n) is 13.0. The Kier molecular flexibility index (Phi) is 9.55. The average Bonchev–Trinajstić information content (AvgIpc) is 3.59. The molecule has 0 spiro atoms. The summed E-state index contributed by atoms with van der Waals surface area (Å²) in [7, 11) is -4.41. The number of unbranched alkanes of at least 4 members (excludes halogenated alkanes) is 1. The molecule has 0 aliphatic rings. The summed E-state index contributed by atoms with van der Waals surface area (Å²) < 4.78 is 63.5. The molecule has 42 heavy (non-hydrogen) atoms. The summed E-state index contributed by atoms with van der Waals surface area (Å²) >= 11 is 0. The number of alkyl halides is 3. The molecule has 2 aromatic heterocycles. The Labute approximate surface area is 240 Å². The van der Waals surface area contributed by atoms with E-state index in [0.717, 1.165) is 29.6 Å². The largest absolute Gasteiger partial charge is 0.573 e. The molecule has 0 saturated carbocycles. The third-order valence-corrected chi connectivity index (χ3v) is 7.91. The van der Waals surface area contributed by atoms with Crippen LogP contribution in [0.25, 0.3) is 12.2 Å². The Balaban J connectivity index is 1.18. The molecule has 0 fully saturated rings. The highest BCUT2D eigenvalue weighted by molar-refractivity contribution is 7.52. The van der Waals surface area contributed by atoms with Gasteiger partial charge in [-0.05, 0) is 81.0 Å². The van der Waals surface area contributed by atoms with Gasteiger partial charge >= 0.3 is 14.0 Å². The molecule has 4 aromatic rings. The van der Waals surface area contributed by atoms with Gasteiger partial charge in [0.2, 0.25) is 5.89 Å². The van der Waals surface area contributed by atoms with Crippen LogP contribution in [0.1, 0.15) is 55.1 Å². The van der Waals surface area contributed by atoms with Crippen molar-refractivity contribution in [3.63, 3.8) is 0 Å². The zero-order chi connectivity index (χ0) is 30.4. The van der Waals surface area contributed by atoms with E-state index in [2.05, 4.69) is 19.9 Å². The van der Waals surface area contributed by atoms with E-state index in [9.17, 15) is 27.5 Å².